The number of aliphatic hydroxyl groups is 2. The quantitative estimate of drug-likeness (QED) is 0.612. The first kappa shape index (κ1) is 15.8. The minimum Gasteiger partial charge on any atom is -0.394 e. The van der Waals surface area contributed by atoms with Crippen LogP contribution in [0.5, 0.6) is 0 Å². The van der Waals surface area contributed by atoms with Crippen molar-refractivity contribution in [1.82, 2.24) is 5.32 Å². The molecule has 0 aliphatic rings. The van der Waals surface area contributed by atoms with E-state index >= 15 is 0 Å². The summed E-state index contributed by atoms with van der Waals surface area (Å²) >= 11 is 0. The number of β-amino-alcohol motifs (C(OH)–C–C–N with tert-alkyl or cyclic N) is 1. The summed E-state index contributed by atoms with van der Waals surface area (Å²) in [5.74, 6) is 0. The Balaban J connectivity index is 3.85. The van der Waals surface area contributed by atoms with Crippen molar-refractivity contribution >= 4 is 0 Å². The Morgan fingerprint density at radius 2 is 1.81 bits per heavy atom. The van der Waals surface area contributed by atoms with Gasteiger partial charge in [-0.2, -0.15) is 0 Å². The summed E-state index contributed by atoms with van der Waals surface area (Å²) in [6.45, 7) is 10.6. The number of hydrogen-bond acceptors (Lipinski definition) is 4. The standard InChI is InChI=1S/C12H27NO3/c1-6-12(5,9-14)13-7-10(15)8-16-11(2,3)4/h10,13-15H,6-9H2,1-5H3. The van der Waals surface area contributed by atoms with Gasteiger partial charge in [0.1, 0.15) is 0 Å². The molecule has 0 heterocycles. The van der Waals surface area contributed by atoms with Gasteiger partial charge in [0, 0.05) is 12.1 Å². The maximum atomic E-state index is 9.70. The average molecular weight is 233 g/mol. The number of ether oxygens (including phenoxy) is 1. The fraction of sp³-hybridized carbons (Fsp3) is 1.00. The van der Waals surface area contributed by atoms with E-state index in [1.165, 1.54) is 0 Å². The van der Waals surface area contributed by atoms with Crippen LogP contribution in [0.4, 0.5) is 0 Å². The summed E-state index contributed by atoms with van der Waals surface area (Å²) in [6.07, 6.45) is 0.271. The number of hydrogen-bond donors (Lipinski definition) is 3. The fourth-order valence-electron chi connectivity index (χ4n) is 1.06. The second kappa shape index (κ2) is 6.55. The Labute approximate surface area is 99.0 Å². The lowest BCUT2D eigenvalue weighted by molar-refractivity contribution is -0.0499. The Kier molecular flexibility index (Phi) is 6.48. The van der Waals surface area contributed by atoms with E-state index in [9.17, 15) is 10.2 Å². The average Bonchev–Trinajstić information content (AvgIpc) is 2.22. The second-order valence-electron chi connectivity index (χ2n) is 5.53. The van der Waals surface area contributed by atoms with Crippen molar-refractivity contribution in [3.8, 4) is 0 Å². The molecule has 0 saturated carbocycles. The van der Waals surface area contributed by atoms with Crippen LogP contribution in [0.3, 0.4) is 0 Å². The van der Waals surface area contributed by atoms with Crippen LogP contribution in [-0.4, -0.2) is 47.2 Å². The molecule has 0 amide bonds. The monoisotopic (exact) mass is 233 g/mol. The highest BCUT2D eigenvalue weighted by Crippen LogP contribution is 2.09. The van der Waals surface area contributed by atoms with Gasteiger partial charge in [-0.3, -0.25) is 0 Å². The zero-order valence-corrected chi connectivity index (χ0v) is 11.2. The third-order valence-corrected chi connectivity index (χ3v) is 2.60. The minimum absolute atomic E-state index is 0.0658. The zero-order valence-electron chi connectivity index (χ0n) is 11.2. The Morgan fingerprint density at radius 3 is 2.19 bits per heavy atom. The Morgan fingerprint density at radius 1 is 1.25 bits per heavy atom. The molecule has 2 atom stereocenters. The van der Waals surface area contributed by atoms with Gasteiger partial charge in [-0.25, -0.2) is 0 Å². The summed E-state index contributed by atoms with van der Waals surface area (Å²) < 4.78 is 5.47. The lowest BCUT2D eigenvalue weighted by Crippen LogP contribution is -2.49. The SMILES string of the molecule is CCC(C)(CO)NCC(O)COC(C)(C)C. The number of nitrogens with one attached hydrogen (secondary N) is 1. The zero-order chi connectivity index (χ0) is 12.8. The molecule has 4 heteroatoms. The van der Waals surface area contributed by atoms with E-state index in [1.54, 1.807) is 0 Å². The van der Waals surface area contributed by atoms with Crippen molar-refractivity contribution in [2.45, 2.75) is 58.3 Å². The molecule has 0 aromatic rings. The highest BCUT2D eigenvalue weighted by molar-refractivity contribution is 4.81. The molecule has 0 rings (SSSR count). The molecule has 0 bridgehead atoms. The predicted octanol–water partition coefficient (Wildman–Crippen LogP) is 0.913. The topological polar surface area (TPSA) is 61.7 Å². The maximum Gasteiger partial charge on any atom is 0.0898 e. The van der Waals surface area contributed by atoms with E-state index in [2.05, 4.69) is 5.32 Å². The minimum atomic E-state index is -0.545. The molecular formula is C12H27NO3. The lowest BCUT2D eigenvalue weighted by Gasteiger charge is -2.29. The van der Waals surface area contributed by atoms with Crippen LogP contribution in [0.1, 0.15) is 41.0 Å². The third kappa shape index (κ3) is 7.17. The molecule has 0 spiro atoms. The van der Waals surface area contributed by atoms with Gasteiger partial charge in [0.15, 0.2) is 0 Å². The van der Waals surface area contributed by atoms with Crippen molar-refractivity contribution in [3.63, 3.8) is 0 Å². The fourth-order valence-corrected chi connectivity index (χ4v) is 1.06. The second-order valence-corrected chi connectivity index (χ2v) is 5.53. The van der Waals surface area contributed by atoms with E-state index < -0.39 is 6.10 Å². The van der Waals surface area contributed by atoms with Crippen molar-refractivity contribution < 1.29 is 14.9 Å². The van der Waals surface area contributed by atoms with E-state index in [0.717, 1.165) is 6.42 Å². The van der Waals surface area contributed by atoms with Gasteiger partial charge in [0.05, 0.1) is 24.9 Å². The smallest absolute Gasteiger partial charge is 0.0898 e. The molecule has 0 aromatic heterocycles. The maximum absolute atomic E-state index is 9.70. The molecule has 0 aromatic carbocycles. The van der Waals surface area contributed by atoms with E-state index in [0.29, 0.717) is 13.2 Å². The Hall–Kier alpha value is -0.160. The molecule has 16 heavy (non-hydrogen) atoms. The Bertz CT molecular complexity index is 185. The van der Waals surface area contributed by atoms with Crippen molar-refractivity contribution in [1.29, 1.82) is 0 Å². The first-order valence-corrected chi connectivity index (χ1v) is 5.90. The summed E-state index contributed by atoms with van der Waals surface area (Å²) in [5.41, 5.74) is -0.547. The van der Waals surface area contributed by atoms with E-state index in [4.69, 9.17) is 4.74 Å². The van der Waals surface area contributed by atoms with Gasteiger partial charge in [0.2, 0.25) is 0 Å². The van der Waals surface area contributed by atoms with Crippen molar-refractivity contribution in [2.24, 2.45) is 0 Å². The molecule has 0 radical (unpaired) electrons. The molecule has 0 aliphatic heterocycles. The van der Waals surface area contributed by atoms with Gasteiger partial charge < -0.3 is 20.3 Å². The van der Waals surface area contributed by atoms with E-state index in [1.807, 2.05) is 34.6 Å². The van der Waals surface area contributed by atoms with Gasteiger partial charge in [-0.15, -0.1) is 0 Å². The van der Waals surface area contributed by atoms with Gasteiger partial charge >= 0.3 is 0 Å². The molecule has 0 fully saturated rings. The molecule has 0 saturated heterocycles. The lowest BCUT2D eigenvalue weighted by atomic mass is 10.0. The number of aliphatic hydroxyl groups excluding tert-OH is 2. The highest BCUT2D eigenvalue weighted by atomic mass is 16.5. The van der Waals surface area contributed by atoms with E-state index in [-0.39, 0.29) is 17.7 Å². The summed E-state index contributed by atoms with van der Waals surface area (Å²) in [4.78, 5) is 0. The molecule has 2 unspecified atom stereocenters. The van der Waals surface area contributed by atoms with Crippen molar-refractivity contribution in [2.75, 3.05) is 19.8 Å². The summed E-state index contributed by atoms with van der Waals surface area (Å²) in [6, 6.07) is 0. The molecule has 3 N–H and O–H groups in total. The largest absolute Gasteiger partial charge is 0.394 e. The molecular weight excluding hydrogens is 206 g/mol. The van der Waals surface area contributed by atoms with Gasteiger partial charge in [0.25, 0.3) is 0 Å². The normalized spacial score (nSPS) is 18.2. The first-order valence-electron chi connectivity index (χ1n) is 5.90. The predicted molar refractivity (Wildman–Crippen MR) is 65.5 cm³/mol. The van der Waals surface area contributed by atoms with Crippen LogP contribution >= 0.6 is 0 Å². The van der Waals surface area contributed by atoms with Crippen LogP contribution in [0, 0.1) is 0 Å². The molecule has 98 valence electrons. The summed E-state index contributed by atoms with van der Waals surface area (Å²) in [5, 5.41) is 22.0. The van der Waals surface area contributed by atoms with Crippen LogP contribution in [-0.2, 0) is 4.74 Å². The molecule has 4 nitrogen and oxygen atoms in total. The summed E-state index contributed by atoms with van der Waals surface area (Å²) in [7, 11) is 0. The number of rotatable bonds is 7. The molecule has 0 aliphatic carbocycles. The highest BCUT2D eigenvalue weighted by Gasteiger charge is 2.21. The third-order valence-electron chi connectivity index (χ3n) is 2.60. The first-order chi connectivity index (χ1) is 7.22. The van der Waals surface area contributed by atoms with Crippen molar-refractivity contribution in [3.05, 3.63) is 0 Å². The van der Waals surface area contributed by atoms with Crippen LogP contribution in [0.15, 0.2) is 0 Å². The van der Waals surface area contributed by atoms with Crippen LogP contribution in [0.25, 0.3) is 0 Å². The van der Waals surface area contributed by atoms with Gasteiger partial charge in [-0.1, -0.05) is 6.92 Å². The van der Waals surface area contributed by atoms with Crippen LogP contribution in [0.2, 0.25) is 0 Å². The van der Waals surface area contributed by atoms with Crippen LogP contribution < -0.4 is 5.32 Å². The van der Waals surface area contributed by atoms with Gasteiger partial charge in [-0.05, 0) is 34.1 Å².